The highest BCUT2D eigenvalue weighted by Gasteiger charge is 2.33. The van der Waals surface area contributed by atoms with E-state index in [0.717, 1.165) is 28.0 Å². The third-order valence-corrected chi connectivity index (χ3v) is 6.17. The number of aromatic amines is 1. The molecule has 1 saturated heterocycles. The van der Waals surface area contributed by atoms with Gasteiger partial charge in [-0.1, -0.05) is 12.1 Å². The molecule has 0 radical (unpaired) electrons. The molecular weight excluding hydrogens is 416 g/mol. The Labute approximate surface area is 194 Å². The van der Waals surface area contributed by atoms with E-state index in [1.165, 1.54) is 0 Å². The lowest BCUT2D eigenvalue weighted by Gasteiger charge is -2.22. The van der Waals surface area contributed by atoms with Crippen molar-refractivity contribution in [1.29, 1.82) is 0 Å². The lowest BCUT2D eigenvalue weighted by atomic mass is 10.0. The molecule has 0 unspecified atom stereocenters. The molecule has 174 valence electrons. The molecule has 8 heteroatoms. The van der Waals surface area contributed by atoms with E-state index in [-0.39, 0.29) is 30.3 Å². The van der Waals surface area contributed by atoms with Crippen LogP contribution in [0.1, 0.15) is 53.8 Å². The SMILES string of the molecule is Cc1ccc2cc(C(=O)N(C)Cc3nc([C@@H]4CC(=O)N(C(C)C)C4)cc(N(C)C)n3)[nH]c2c1. The summed E-state index contributed by atoms with van der Waals surface area (Å²) in [7, 11) is 5.61. The Kier molecular flexibility index (Phi) is 6.10. The Hall–Kier alpha value is -3.42. The van der Waals surface area contributed by atoms with Crippen molar-refractivity contribution >= 4 is 28.5 Å². The smallest absolute Gasteiger partial charge is 0.270 e. The summed E-state index contributed by atoms with van der Waals surface area (Å²) < 4.78 is 0. The molecule has 3 aromatic rings. The summed E-state index contributed by atoms with van der Waals surface area (Å²) in [6, 6.07) is 10.1. The number of carbonyl (C=O) groups is 2. The highest BCUT2D eigenvalue weighted by Crippen LogP contribution is 2.30. The van der Waals surface area contributed by atoms with E-state index in [1.807, 2.05) is 75.0 Å². The summed E-state index contributed by atoms with van der Waals surface area (Å²) in [4.78, 5) is 43.6. The number of aryl methyl sites for hydroxylation is 1. The van der Waals surface area contributed by atoms with E-state index < -0.39 is 0 Å². The summed E-state index contributed by atoms with van der Waals surface area (Å²) >= 11 is 0. The minimum atomic E-state index is -0.119. The third-order valence-electron chi connectivity index (χ3n) is 6.17. The fourth-order valence-electron chi connectivity index (χ4n) is 4.29. The van der Waals surface area contributed by atoms with Crippen molar-refractivity contribution in [2.24, 2.45) is 0 Å². The predicted octanol–water partition coefficient (Wildman–Crippen LogP) is 3.33. The number of amides is 2. The fourth-order valence-corrected chi connectivity index (χ4v) is 4.29. The van der Waals surface area contributed by atoms with Gasteiger partial charge in [0.05, 0.1) is 12.2 Å². The largest absolute Gasteiger partial charge is 0.363 e. The normalized spacial score (nSPS) is 16.2. The third kappa shape index (κ3) is 4.69. The van der Waals surface area contributed by atoms with Gasteiger partial charge in [0, 0.05) is 63.0 Å². The van der Waals surface area contributed by atoms with Gasteiger partial charge in [0.2, 0.25) is 5.91 Å². The lowest BCUT2D eigenvalue weighted by Crippen LogP contribution is -2.32. The summed E-state index contributed by atoms with van der Waals surface area (Å²) in [5.74, 6) is 1.40. The van der Waals surface area contributed by atoms with Crippen LogP contribution < -0.4 is 4.90 Å². The second-order valence-corrected chi connectivity index (χ2v) is 9.44. The van der Waals surface area contributed by atoms with Crippen molar-refractivity contribution in [3.05, 3.63) is 53.1 Å². The van der Waals surface area contributed by atoms with Crippen LogP contribution in [-0.4, -0.2) is 70.3 Å². The lowest BCUT2D eigenvalue weighted by molar-refractivity contribution is -0.129. The number of fused-ring (bicyclic) bond motifs is 1. The maximum absolute atomic E-state index is 13.1. The van der Waals surface area contributed by atoms with Gasteiger partial charge in [0.1, 0.15) is 17.3 Å². The molecule has 3 heterocycles. The van der Waals surface area contributed by atoms with Crippen LogP contribution >= 0.6 is 0 Å². The Balaban J connectivity index is 1.57. The maximum atomic E-state index is 13.1. The molecule has 1 aromatic carbocycles. The van der Waals surface area contributed by atoms with Crippen molar-refractivity contribution in [2.75, 3.05) is 32.6 Å². The Morgan fingerprint density at radius 1 is 1.18 bits per heavy atom. The van der Waals surface area contributed by atoms with Gasteiger partial charge in [0.25, 0.3) is 5.91 Å². The number of anilines is 1. The number of nitrogens with zero attached hydrogens (tertiary/aromatic N) is 5. The summed E-state index contributed by atoms with van der Waals surface area (Å²) in [6.07, 6.45) is 0.449. The number of hydrogen-bond acceptors (Lipinski definition) is 5. The van der Waals surface area contributed by atoms with Crippen molar-refractivity contribution in [2.45, 2.75) is 45.7 Å². The monoisotopic (exact) mass is 448 g/mol. The van der Waals surface area contributed by atoms with Gasteiger partial charge in [-0.15, -0.1) is 0 Å². The number of aromatic nitrogens is 3. The second kappa shape index (κ2) is 8.84. The molecule has 1 fully saturated rings. The number of benzene rings is 1. The highest BCUT2D eigenvalue weighted by atomic mass is 16.2. The van der Waals surface area contributed by atoms with Crippen molar-refractivity contribution in [3.8, 4) is 0 Å². The molecule has 0 bridgehead atoms. The van der Waals surface area contributed by atoms with Gasteiger partial charge >= 0.3 is 0 Å². The first-order valence-corrected chi connectivity index (χ1v) is 11.3. The summed E-state index contributed by atoms with van der Waals surface area (Å²) in [5, 5.41) is 1.01. The molecule has 33 heavy (non-hydrogen) atoms. The maximum Gasteiger partial charge on any atom is 0.270 e. The van der Waals surface area contributed by atoms with E-state index in [2.05, 4.69) is 9.97 Å². The van der Waals surface area contributed by atoms with Crippen molar-refractivity contribution in [3.63, 3.8) is 0 Å². The summed E-state index contributed by atoms with van der Waals surface area (Å²) in [5.41, 5.74) is 3.47. The van der Waals surface area contributed by atoms with Crippen LogP contribution in [0.2, 0.25) is 0 Å². The first-order chi connectivity index (χ1) is 15.6. The fraction of sp³-hybridized carbons (Fsp3) is 0.440. The topological polar surface area (TPSA) is 85.4 Å². The molecule has 1 atom stereocenters. The molecule has 8 nitrogen and oxygen atoms in total. The van der Waals surface area contributed by atoms with Gasteiger partial charge in [-0.2, -0.15) is 0 Å². The first-order valence-electron chi connectivity index (χ1n) is 11.3. The zero-order valence-electron chi connectivity index (χ0n) is 20.2. The molecule has 1 aliphatic rings. The van der Waals surface area contributed by atoms with E-state index in [0.29, 0.717) is 24.5 Å². The molecule has 0 saturated carbocycles. The number of carbonyl (C=O) groups excluding carboxylic acids is 2. The average Bonchev–Trinajstić information content (AvgIpc) is 3.36. The van der Waals surface area contributed by atoms with Crippen LogP contribution in [0.3, 0.4) is 0 Å². The number of rotatable bonds is 6. The zero-order valence-corrected chi connectivity index (χ0v) is 20.2. The molecule has 1 N–H and O–H groups in total. The molecule has 0 spiro atoms. The zero-order chi connectivity index (χ0) is 23.9. The molecule has 4 rings (SSSR count). The average molecular weight is 449 g/mol. The Morgan fingerprint density at radius 3 is 2.61 bits per heavy atom. The van der Waals surface area contributed by atoms with Gasteiger partial charge in [-0.25, -0.2) is 9.97 Å². The molecule has 2 amide bonds. The van der Waals surface area contributed by atoms with E-state index in [1.54, 1.807) is 11.9 Å². The quantitative estimate of drug-likeness (QED) is 0.625. The van der Waals surface area contributed by atoms with E-state index in [4.69, 9.17) is 4.98 Å². The number of likely N-dealkylation sites (tertiary alicyclic amines) is 1. The van der Waals surface area contributed by atoms with Crippen molar-refractivity contribution < 1.29 is 9.59 Å². The van der Waals surface area contributed by atoms with Gasteiger partial charge in [0.15, 0.2) is 0 Å². The minimum absolute atomic E-state index is 0.0262. The van der Waals surface area contributed by atoms with Crippen LogP contribution in [0.15, 0.2) is 30.3 Å². The van der Waals surface area contributed by atoms with E-state index >= 15 is 0 Å². The molecule has 1 aliphatic heterocycles. The van der Waals surface area contributed by atoms with Gasteiger partial charge in [-0.3, -0.25) is 9.59 Å². The molecule has 2 aromatic heterocycles. The van der Waals surface area contributed by atoms with Crippen molar-refractivity contribution in [1.82, 2.24) is 24.8 Å². The van der Waals surface area contributed by atoms with Crippen LogP contribution in [0.5, 0.6) is 0 Å². The molecular formula is C25H32N6O2. The second-order valence-electron chi connectivity index (χ2n) is 9.44. The van der Waals surface area contributed by atoms with Gasteiger partial charge < -0.3 is 19.7 Å². The Morgan fingerprint density at radius 2 is 1.94 bits per heavy atom. The number of hydrogen-bond donors (Lipinski definition) is 1. The predicted molar refractivity (Wildman–Crippen MR) is 129 cm³/mol. The van der Waals surface area contributed by atoms with Crippen LogP contribution in [0.4, 0.5) is 5.82 Å². The minimum Gasteiger partial charge on any atom is -0.363 e. The Bertz CT molecular complexity index is 1200. The van der Waals surface area contributed by atoms with Gasteiger partial charge in [-0.05, 0) is 38.5 Å². The standard InChI is InChI=1S/C25H32N6O2/c1-15(2)31-13-18(11-24(31)32)20-12-23(29(4)5)28-22(27-20)14-30(6)25(33)21-10-17-8-7-16(3)9-19(17)26-21/h7-10,12,15,18,26H,11,13-14H2,1-6H3/t18-/m1/s1. The highest BCUT2D eigenvalue weighted by molar-refractivity contribution is 5.98. The number of nitrogens with one attached hydrogen (secondary N) is 1. The summed E-state index contributed by atoms with van der Waals surface area (Å²) in [6.45, 7) is 7.02. The van der Waals surface area contributed by atoms with Crippen LogP contribution in [-0.2, 0) is 11.3 Å². The number of H-pyrrole nitrogens is 1. The molecule has 0 aliphatic carbocycles. The van der Waals surface area contributed by atoms with Crippen LogP contribution in [0, 0.1) is 6.92 Å². The van der Waals surface area contributed by atoms with Crippen LogP contribution in [0.25, 0.3) is 10.9 Å². The first kappa shape index (κ1) is 22.8. The van der Waals surface area contributed by atoms with E-state index in [9.17, 15) is 9.59 Å².